The molecule has 1 aliphatic heterocycles. The molecule has 0 bridgehead atoms. The van der Waals surface area contributed by atoms with Crippen LogP contribution in [-0.4, -0.2) is 60.2 Å². The van der Waals surface area contributed by atoms with Crippen LogP contribution in [0.4, 0.5) is 5.82 Å². The summed E-state index contributed by atoms with van der Waals surface area (Å²) in [5.41, 5.74) is 6.40. The van der Waals surface area contributed by atoms with Crippen molar-refractivity contribution in [3.8, 4) is 0 Å². The molecule has 3 rings (SSSR count). The predicted octanol–water partition coefficient (Wildman–Crippen LogP) is -2.38. The topological polar surface area (TPSA) is 182 Å². The molecule has 130 valence electrons. The monoisotopic (exact) mass is 338 g/mol. The van der Waals surface area contributed by atoms with Crippen molar-refractivity contribution in [2.24, 2.45) is 5.84 Å². The Labute approximate surface area is 135 Å². The van der Waals surface area contributed by atoms with Crippen LogP contribution in [0.25, 0.3) is 11.0 Å². The zero-order chi connectivity index (χ0) is 17.6. The van der Waals surface area contributed by atoms with Gasteiger partial charge in [-0.1, -0.05) is 0 Å². The minimum absolute atomic E-state index is 0.0502. The Bertz CT molecular complexity index is 790. The second-order valence-electron chi connectivity index (χ2n) is 5.76. The van der Waals surface area contributed by atoms with Gasteiger partial charge in [-0.2, -0.15) is 0 Å². The standard InChI is InChI=1S/C13H18N6O5/c1-13(23)8(21)6(3-20)24-12(13)19-2-5(11(22)18-15)7-9(14)16-4-17-10(7)19/h2,4,6,8,12,20-21,23H,3,15H2,1H3,(H,18,22)(H2,14,16,17)/t6-,8-,12-,13-/m1/s1. The minimum atomic E-state index is -1.74. The second-order valence-corrected chi connectivity index (χ2v) is 5.76. The third-order valence-electron chi connectivity index (χ3n) is 4.20. The van der Waals surface area contributed by atoms with Crippen molar-refractivity contribution in [1.82, 2.24) is 20.0 Å². The van der Waals surface area contributed by atoms with Crippen molar-refractivity contribution < 1.29 is 24.9 Å². The molecule has 4 atom stereocenters. The Balaban J connectivity index is 2.21. The maximum absolute atomic E-state index is 12.0. The van der Waals surface area contributed by atoms with E-state index < -0.39 is 36.6 Å². The lowest BCUT2D eigenvalue weighted by Crippen LogP contribution is -2.44. The number of nitrogens with one attached hydrogen (secondary N) is 1. The molecule has 2 aromatic heterocycles. The van der Waals surface area contributed by atoms with Gasteiger partial charge in [0.25, 0.3) is 5.91 Å². The highest BCUT2D eigenvalue weighted by molar-refractivity contribution is 6.09. The average molecular weight is 338 g/mol. The molecular weight excluding hydrogens is 320 g/mol. The number of fused-ring (bicyclic) bond motifs is 1. The van der Waals surface area contributed by atoms with Crippen LogP contribution in [0.5, 0.6) is 0 Å². The summed E-state index contributed by atoms with van der Waals surface area (Å²) in [5.74, 6) is 4.61. The van der Waals surface area contributed by atoms with Crippen LogP contribution in [-0.2, 0) is 4.74 Å². The van der Waals surface area contributed by atoms with E-state index in [4.69, 9.17) is 16.3 Å². The van der Waals surface area contributed by atoms with E-state index in [1.807, 2.05) is 5.43 Å². The van der Waals surface area contributed by atoms with Crippen molar-refractivity contribution in [2.75, 3.05) is 12.3 Å². The van der Waals surface area contributed by atoms with E-state index in [-0.39, 0.29) is 22.4 Å². The highest BCUT2D eigenvalue weighted by Crippen LogP contribution is 2.40. The molecule has 2 aromatic rings. The molecule has 24 heavy (non-hydrogen) atoms. The number of hydrogen-bond acceptors (Lipinski definition) is 9. The minimum Gasteiger partial charge on any atom is -0.394 e. The number of carbonyl (C=O) groups is 1. The predicted molar refractivity (Wildman–Crippen MR) is 81.2 cm³/mol. The van der Waals surface area contributed by atoms with Crippen LogP contribution in [0.3, 0.4) is 0 Å². The average Bonchev–Trinajstić information content (AvgIpc) is 3.04. The molecule has 0 saturated carbocycles. The fourth-order valence-corrected chi connectivity index (χ4v) is 2.93. The van der Waals surface area contributed by atoms with Crippen LogP contribution >= 0.6 is 0 Å². The SMILES string of the molecule is C[C@@]1(O)[C@H](O)[C@@H](CO)O[C@H]1n1cc(C(=O)NN)c2c(N)ncnc21. The highest BCUT2D eigenvalue weighted by Gasteiger charge is 2.53. The molecule has 1 amide bonds. The van der Waals surface area contributed by atoms with Crippen molar-refractivity contribution in [3.63, 3.8) is 0 Å². The Kier molecular flexibility index (Phi) is 3.89. The number of ether oxygens (including phenoxy) is 1. The molecule has 11 nitrogen and oxygen atoms in total. The van der Waals surface area contributed by atoms with Gasteiger partial charge in [-0.05, 0) is 6.92 Å². The zero-order valence-electron chi connectivity index (χ0n) is 12.7. The van der Waals surface area contributed by atoms with Crippen molar-refractivity contribution in [1.29, 1.82) is 0 Å². The number of amides is 1. The van der Waals surface area contributed by atoms with Crippen LogP contribution in [0, 0.1) is 0 Å². The number of carbonyl (C=O) groups excluding carboxylic acids is 1. The number of aliphatic hydroxyl groups excluding tert-OH is 2. The number of hydrogen-bond donors (Lipinski definition) is 6. The lowest BCUT2D eigenvalue weighted by molar-refractivity contribution is -0.0948. The fourth-order valence-electron chi connectivity index (χ4n) is 2.93. The number of nitrogens with two attached hydrogens (primary N) is 2. The molecule has 1 aliphatic rings. The van der Waals surface area contributed by atoms with Crippen LogP contribution in [0.2, 0.25) is 0 Å². The third kappa shape index (κ3) is 2.22. The zero-order valence-corrected chi connectivity index (χ0v) is 12.7. The lowest BCUT2D eigenvalue weighted by atomic mass is 9.96. The summed E-state index contributed by atoms with van der Waals surface area (Å²) < 4.78 is 6.91. The summed E-state index contributed by atoms with van der Waals surface area (Å²) in [6.07, 6.45) is -0.893. The van der Waals surface area contributed by atoms with Gasteiger partial charge in [0.15, 0.2) is 6.23 Å². The van der Waals surface area contributed by atoms with Gasteiger partial charge in [0.05, 0.1) is 17.6 Å². The molecule has 0 radical (unpaired) electrons. The Hall–Kier alpha value is -2.31. The summed E-state index contributed by atoms with van der Waals surface area (Å²) in [6.45, 7) is 0.872. The first-order chi connectivity index (χ1) is 11.3. The van der Waals surface area contributed by atoms with Gasteiger partial charge in [0.2, 0.25) is 0 Å². The van der Waals surface area contributed by atoms with E-state index >= 15 is 0 Å². The first-order valence-electron chi connectivity index (χ1n) is 7.11. The summed E-state index contributed by atoms with van der Waals surface area (Å²) in [7, 11) is 0. The summed E-state index contributed by atoms with van der Waals surface area (Å²) in [4.78, 5) is 19.9. The third-order valence-corrected chi connectivity index (χ3v) is 4.20. The van der Waals surface area contributed by atoms with Gasteiger partial charge in [0.1, 0.15) is 35.6 Å². The van der Waals surface area contributed by atoms with E-state index in [0.717, 1.165) is 0 Å². The molecule has 0 spiro atoms. The molecule has 8 N–H and O–H groups in total. The van der Waals surface area contributed by atoms with Crippen molar-refractivity contribution in [3.05, 3.63) is 18.1 Å². The smallest absolute Gasteiger partial charge is 0.267 e. The van der Waals surface area contributed by atoms with E-state index in [1.165, 1.54) is 24.0 Å². The maximum Gasteiger partial charge on any atom is 0.267 e. The van der Waals surface area contributed by atoms with E-state index in [0.29, 0.717) is 0 Å². The molecule has 1 fully saturated rings. The largest absolute Gasteiger partial charge is 0.394 e. The van der Waals surface area contributed by atoms with Crippen LogP contribution in [0.15, 0.2) is 12.5 Å². The molecule has 1 saturated heterocycles. The van der Waals surface area contributed by atoms with Crippen molar-refractivity contribution in [2.45, 2.75) is 31.0 Å². The molecule has 0 aromatic carbocycles. The van der Waals surface area contributed by atoms with Gasteiger partial charge < -0.3 is 30.4 Å². The number of anilines is 1. The maximum atomic E-state index is 12.0. The number of hydrazine groups is 1. The second kappa shape index (κ2) is 5.65. The summed E-state index contributed by atoms with van der Waals surface area (Å²) in [5, 5.41) is 30.3. The van der Waals surface area contributed by atoms with E-state index in [1.54, 1.807) is 0 Å². The first kappa shape index (κ1) is 16.5. The van der Waals surface area contributed by atoms with Gasteiger partial charge in [0, 0.05) is 6.20 Å². The van der Waals surface area contributed by atoms with E-state index in [2.05, 4.69) is 9.97 Å². The number of rotatable bonds is 3. The van der Waals surface area contributed by atoms with Gasteiger partial charge in [-0.15, -0.1) is 0 Å². The molecular formula is C13H18N6O5. The number of aliphatic hydroxyl groups is 3. The first-order valence-corrected chi connectivity index (χ1v) is 7.11. The Morgan fingerprint density at radius 2 is 2.25 bits per heavy atom. The summed E-state index contributed by atoms with van der Waals surface area (Å²) in [6, 6.07) is 0. The molecule has 3 heterocycles. The quantitative estimate of drug-likeness (QED) is 0.202. The lowest BCUT2D eigenvalue weighted by Gasteiger charge is -2.27. The summed E-state index contributed by atoms with van der Waals surface area (Å²) >= 11 is 0. The van der Waals surface area contributed by atoms with Crippen molar-refractivity contribution >= 4 is 22.8 Å². The molecule has 0 unspecified atom stereocenters. The Morgan fingerprint density at radius 1 is 1.54 bits per heavy atom. The Morgan fingerprint density at radius 3 is 2.83 bits per heavy atom. The number of nitrogens with zero attached hydrogens (tertiary/aromatic N) is 3. The van der Waals surface area contributed by atoms with Gasteiger partial charge >= 0.3 is 0 Å². The number of aromatic nitrogens is 3. The van der Waals surface area contributed by atoms with Crippen LogP contribution in [0.1, 0.15) is 23.5 Å². The van der Waals surface area contributed by atoms with Gasteiger partial charge in [-0.3, -0.25) is 10.2 Å². The van der Waals surface area contributed by atoms with E-state index in [9.17, 15) is 20.1 Å². The fraction of sp³-hybridized carbons (Fsp3) is 0.462. The normalized spacial score (nSPS) is 30.0. The molecule has 11 heteroatoms. The van der Waals surface area contributed by atoms with Gasteiger partial charge in [-0.25, -0.2) is 15.8 Å². The number of nitrogen functional groups attached to an aromatic ring is 2. The van der Waals surface area contributed by atoms with Crippen LogP contribution < -0.4 is 17.0 Å². The molecule has 0 aliphatic carbocycles. The highest BCUT2D eigenvalue weighted by atomic mass is 16.6.